The first-order chi connectivity index (χ1) is 6.60. The number of rotatable bonds is 2. The molecule has 14 heavy (non-hydrogen) atoms. The van der Waals surface area contributed by atoms with E-state index in [0.29, 0.717) is 0 Å². The summed E-state index contributed by atoms with van der Waals surface area (Å²) in [6, 6.07) is 4.37. The van der Waals surface area contributed by atoms with Gasteiger partial charge in [-0.25, -0.2) is 0 Å². The highest BCUT2D eigenvalue weighted by Crippen LogP contribution is 2.26. The van der Waals surface area contributed by atoms with Crippen LogP contribution in [-0.2, 0) is 0 Å². The van der Waals surface area contributed by atoms with Gasteiger partial charge in [0.05, 0.1) is 0 Å². The molecule has 1 aromatic rings. The second-order valence-corrected chi connectivity index (χ2v) is 3.92. The molecular formula is C14H17. The molecule has 1 aromatic carbocycles. The Hall–Kier alpha value is -1.22. The summed E-state index contributed by atoms with van der Waals surface area (Å²) in [4.78, 5) is 0. The van der Waals surface area contributed by atoms with Crippen LogP contribution in [0.4, 0.5) is 0 Å². The zero-order chi connectivity index (χ0) is 10.7. The molecule has 1 unspecified atom stereocenters. The van der Waals surface area contributed by atoms with Gasteiger partial charge in [-0.1, -0.05) is 30.5 Å². The van der Waals surface area contributed by atoms with Crippen molar-refractivity contribution in [2.24, 2.45) is 0 Å². The first kappa shape index (κ1) is 10.9. The Morgan fingerprint density at radius 2 is 1.71 bits per heavy atom. The maximum Gasteiger partial charge on any atom is 0.0465 e. The van der Waals surface area contributed by atoms with Crippen LogP contribution in [0.1, 0.15) is 41.5 Å². The first-order valence-corrected chi connectivity index (χ1v) is 5.10. The van der Waals surface area contributed by atoms with E-state index in [9.17, 15) is 0 Å². The van der Waals surface area contributed by atoms with E-state index in [1.54, 1.807) is 0 Å². The molecule has 1 atom stereocenters. The highest BCUT2D eigenvalue weighted by atomic mass is 14.1. The molecule has 0 fully saturated rings. The fourth-order valence-corrected chi connectivity index (χ4v) is 2.12. The lowest BCUT2D eigenvalue weighted by atomic mass is 9.88. The SMILES string of the molecule is [C]#CC(CC)c1c(C)cc(C)cc1C. The van der Waals surface area contributed by atoms with Crippen LogP contribution < -0.4 is 0 Å². The minimum atomic E-state index is 0.163. The summed E-state index contributed by atoms with van der Waals surface area (Å²) < 4.78 is 0. The van der Waals surface area contributed by atoms with Crippen LogP contribution >= 0.6 is 0 Å². The van der Waals surface area contributed by atoms with Crippen LogP contribution in [0.3, 0.4) is 0 Å². The maximum absolute atomic E-state index is 7.29. The fraction of sp³-hybridized carbons (Fsp3) is 0.429. The van der Waals surface area contributed by atoms with Gasteiger partial charge in [0.2, 0.25) is 0 Å². The van der Waals surface area contributed by atoms with Gasteiger partial charge in [0.1, 0.15) is 0 Å². The molecule has 1 radical (unpaired) electrons. The summed E-state index contributed by atoms with van der Waals surface area (Å²) in [6.45, 7) is 8.45. The van der Waals surface area contributed by atoms with E-state index < -0.39 is 0 Å². The number of hydrogen-bond donors (Lipinski definition) is 0. The summed E-state index contributed by atoms with van der Waals surface area (Å²) >= 11 is 0. The van der Waals surface area contributed by atoms with Crippen molar-refractivity contribution in [3.05, 3.63) is 40.8 Å². The van der Waals surface area contributed by atoms with Gasteiger partial charge in [-0.15, -0.1) is 0 Å². The van der Waals surface area contributed by atoms with E-state index in [1.807, 2.05) is 0 Å². The predicted molar refractivity (Wildman–Crippen MR) is 60.8 cm³/mol. The van der Waals surface area contributed by atoms with Crippen molar-refractivity contribution >= 4 is 0 Å². The number of aryl methyl sites for hydroxylation is 3. The fourth-order valence-electron chi connectivity index (χ4n) is 2.12. The van der Waals surface area contributed by atoms with Gasteiger partial charge in [-0.05, 0) is 50.3 Å². The monoisotopic (exact) mass is 185 g/mol. The molecule has 0 aliphatic rings. The van der Waals surface area contributed by atoms with E-state index in [4.69, 9.17) is 6.42 Å². The summed E-state index contributed by atoms with van der Waals surface area (Å²) in [5.74, 6) is 2.78. The van der Waals surface area contributed by atoms with E-state index >= 15 is 0 Å². The minimum absolute atomic E-state index is 0.163. The van der Waals surface area contributed by atoms with Crippen LogP contribution in [-0.4, -0.2) is 0 Å². The molecule has 0 amide bonds. The first-order valence-electron chi connectivity index (χ1n) is 5.10. The topological polar surface area (TPSA) is 0 Å². The van der Waals surface area contributed by atoms with Gasteiger partial charge in [-0.3, -0.25) is 0 Å². The Kier molecular flexibility index (Phi) is 3.36. The van der Waals surface area contributed by atoms with Crippen molar-refractivity contribution in [3.8, 4) is 5.92 Å². The van der Waals surface area contributed by atoms with Gasteiger partial charge in [-0.2, -0.15) is 0 Å². The van der Waals surface area contributed by atoms with Crippen LogP contribution in [0.15, 0.2) is 12.1 Å². The minimum Gasteiger partial charge on any atom is -0.0809 e. The average Bonchev–Trinajstić information content (AvgIpc) is 2.10. The second kappa shape index (κ2) is 4.33. The van der Waals surface area contributed by atoms with Gasteiger partial charge >= 0.3 is 0 Å². The smallest absolute Gasteiger partial charge is 0.0465 e. The molecule has 0 saturated heterocycles. The van der Waals surface area contributed by atoms with Crippen molar-refractivity contribution < 1.29 is 0 Å². The molecule has 0 heteroatoms. The van der Waals surface area contributed by atoms with Crippen LogP contribution in [0.2, 0.25) is 0 Å². The predicted octanol–water partition coefficient (Wildman–Crippen LogP) is 3.70. The lowest BCUT2D eigenvalue weighted by Gasteiger charge is -2.15. The number of benzene rings is 1. The zero-order valence-electron chi connectivity index (χ0n) is 9.44. The van der Waals surface area contributed by atoms with Crippen LogP contribution in [0.25, 0.3) is 0 Å². The average molecular weight is 185 g/mol. The van der Waals surface area contributed by atoms with Crippen LogP contribution in [0.5, 0.6) is 0 Å². The molecule has 1 rings (SSSR count). The van der Waals surface area contributed by atoms with Crippen molar-refractivity contribution in [2.45, 2.75) is 40.0 Å². The van der Waals surface area contributed by atoms with Crippen molar-refractivity contribution in [1.29, 1.82) is 0 Å². The molecule has 73 valence electrons. The summed E-state index contributed by atoms with van der Waals surface area (Å²) in [5, 5.41) is 0. The molecule has 0 bridgehead atoms. The van der Waals surface area contributed by atoms with E-state index in [0.717, 1.165) is 6.42 Å². The van der Waals surface area contributed by atoms with E-state index in [1.165, 1.54) is 22.3 Å². The second-order valence-electron chi connectivity index (χ2n) is 3.92. The summed E-state index contributed by atoms with van der Waals surface area (Å²) in [5.41, 5.74) is 5.15. The highest BCUT2D eigenvalue weighted by Gasteiger charge is 2.11. The van der Waals surface area contributed by atoms with Gasteiger partial charge < -0.3 is 0 Å². The van der Waals surface area contributed by atoms with Gasteiger partial charge in [0, 0.05) is 5.92 Å². The van der Waals surface area contributed by atoms with E-state index in [-0.39, 0.29) is 5.92 Å². The normalized spacial score (nSPS) is 12.2. The third kappa shape index (κ3) is 1.99. The van der Waals surface area contributed by atoms with E-state index in [2.05, 4.69) is 45.7 Å². The number of hydrogen-bond acceptors (Lipinski definition) is 0. The summed E-state index contributed by atoms with van der Waals surface area (Å²) in [6.07, 6.45) is 8.25. The Morgan fingerprint density at radius 1 is 1.21 bits per heavy atom. The zero-order valence-corrected chi connectivity index (χ0v) is 9.44. The van der Waals surface area contributed by atoms with Gasteiger partial charge in [0.25, 0.3) is 0 Å². The molecule has 0 spiro atoms. The molecular weight excluding hydrogens is 168 g/mol. The quantitative estimate of drug-likeness (QED) is 0.616. The molecule has 0 heterocycles. The van der Waals surface area contributed by atoms with Crippen molar-refractivity contribution in [2.75, 3.05) is 0 Å². The lowest BCUT2D eigenvalue weighted by molar-refractivity contribution is 0.814. The Labute approximate surface area is 87.4 Å². The Bertz CT molecular complexity index is 343. The molecule has 0 aliphatic heterocycles. The maximum atomic E-state index is 7.29. The largest absolute Gasteiger partial charge is 0.0809 e. The molecule has 0 aliphatic carbocycles. The van der Waals surface area contributed by atoms with Gasteiger partial charge in [0.15, 0.2) is 0 Å². The highest BCUT2D eigenvalue weighted by molar-refractivity contribution is 5.42. The molecule has 0 aromatic heterocycles. The Balaban J connectivity index is 3.28. The Morgan fingerprint density at radius 3 is 2.07 bits per heavy atom. The molecule has 0 saturated carbocycles. The van der Waals surface area contributed by atoms with Crippen LogP contribution in [0, 0.1) is 33.1 Å². The van der Waals surface area contributed by atoms with Crippen molar-refractivity contribution in [3.63, 3.8) is 0 Å². The molecule has 0 N–H and O–H groups in total. The van der Waals surface area contributed by atoms with Crippen molar-refractivity contribution in [1.82, 2.24) is 0 Å². The third-order valence-corrected chi connectivity index (χ3v) is 2.67. The lowest BCUT2D eigenvalue weighted by Crippen LogP contribution is -2.01. The standard InChI is InChI=1S/C14H17/c1-6-13(7-2)14-11(4)8-10(3)9-12(14)5/h8-9,13H,6H2,1,3-5H3. The summed E-state index contributed by atoms with van der Waals surface area (Å²) in [7, 11) is 0. The molecule has 0 nitrogen and oxygen atoms in total. The third-order valence-electron chi connectivity index (χ3n) is 2.67.